The topological polar surface area (TPSA) is 26.3 Å². The first-order valence-electron chi connectivity index (χ1n) is 4.71. The number of carbonyl (C=O) groups is 1. The zero-order valence-corrected chi connectivity index (χ0v) is 8.87. The number of ether oxygens (including phenoxy) is 1. The molecule has 0 radical (unpaired) electrons. The Labute approximate surface area is 92.5 Å². The zero-order valence-electron chi connectivity index (χ0n) is 8.87. The molecule has 86 valence electrons. The van der Waals surface area contributed by atoms with E-state index in [1.807, 2.05) is 0 Å². The zero-order chi connectivity index (χ0) is 12.1. The highest BCUT2D eigenvalue weighted by Crippen LogP contribution is 2.16. The first kappa shape index (κ1) is 12.4. The van der Waals surface area contributed by atoms with Crippen LogP contribution in [0.5, 0.6) is 5.75 Å². The second-order valence-corrected chi connectivity index (χ2v) is 3.46. The minimum atomic E-state index is -2.85. The van der Waals surface area contributed by atoms with Crippen molar-refractivity contribution in [2.75, 3.05) is 0 Å². The lowest BCUT2D eigenvalue weighted by molar-refractivity contribution is -0.0498. The number of halogens is 2. The molecule has 0 atom stereocenters. The van der Waals surface area contributed by atoms with Crippen molar-refractivity contribution in [1.82, 2.24) is 0 Å². The molecule has 0 fully saturated rings. The van der Waals surface area contributed by atoms with Gasteiger partial charge >= 0.3 is 6.61 Å². The highest BCUT2D eigenvalue weighted by molar-refractivity contribution is 5.97. The van der Waals surface area contributed by atoms with Gasteiger partial charge in [0.2, 0.25) is 0 Å². The third-order valence-corrected chi connectivity index (χ3v) is 1.86. The summed E-state index contributed by atoms with van der Waals surface area (Å²) >= 11 is 0. The highest BCUT2D eigenvalue weighted by Gasteiger charge is 2.07. The summed E-state index contributed by atoms with van der Waals surface area (Å²) in [5.74, 6) is -0.0435. The van der Waals surface area contributed by atoms with E-state index in [-0.39, 0.29) is 18.0 Å². The van der Waals surface area contributed by atoms with Crippen LogP contribution in [0, 0.1) is 0 Å². The summed E-state index contributed by atoms with van der Waals surface area (Å²) in [5, 5.41) is 0. The summed E-state index contributed by atoms with van der Waals surface area (Å²) in [6.45, 7) is 2.54. The third kappa shape index (κ3) is 3.81. The number of allylic oxidation sites excluding steroid dienone is 1. The van der Waals surface area contributed by atoms with Gasteiger partial charge in [-0.2, -0.15) is 8.78 Å². The molecule has 0 aromatic heterocycles. The predicted molar refractivity (Wildman–Crippen MR) is 56.8 cm³/mol. The average molecular weight is 226 g/mol. The van der Waals surface area contributed by atoms with Crippen molar-refractivity contribution in [3.63, 3.8) is 0 Å². The number of benzene rings is 1. The molecule has 0 aliphatic heterocycles. The molecule has 0 bridgehead atoms. The molecule has 1 rings (SSSR count). The lowest BCUT2D eigenvalue weighted by Gasteiger charge is -2.05. The van der Waals surface area contributed by atoms with Crippen molar-refractivity contribution in [2.24, 2.45) is 0 Å². The molecule has 2 nitrogen and oxygen atoms in total. The number of carbonyl (C=O) groups excluding carboxylic acids is 1. The van der Waals surface area contributed by atoms with Gasteiger partial charge in [-0.05, 0) is 31.2 Å². The van der Waals surface area contributed by atoms with Gasteiger partial charge in [0.25, 0.3) is 0 Å². The molecule has 1 aromatic carbocycles. The molecule has 0 N–H and O–H groups in total. The monoisotopic (exact) mass is 226 g/mol. The largest absolute Gasteiger partial charge is 0.435 e. The predicted octanol–water partition coefficient (Wildman–Crippen LogP) is 3.44. The number of ketones is 1. The Balaban J connectivity index is 2.71. The van der Waals surface area contributed by atoms with E-state index in [2.05, 4.69) is 11.3 Å². The molecule has 4 heteroatoms. The van der Waals surface area contributed by atoms with Crippen LogP contribution in [0.3, 0.4) is 0 Å². The molecule has 0 saturated carbocycles. The van der Waals surface area contributed by atoms with Crippen molar-refractivity contribution < 1.29 is 18.3 Å². The minimum Gasteiger partial charge on any atom is -0.435 e. The lowest BCUT2D eigenvalue weighted by atomic mass is 10.1. The minimum absolute atomic E-state index is 0.0434. The number of Topliss-reactive ketones (excluding diaryl/α,β-unsaturated/α-hetero) is 1. The van der Waals surface area contributed by atoms with Gasteiger partial charge in [0, 0.05) is 12.0 Å². The van der Waals surface area contributed by atoms with Gasteiger partial charge in [0.15, 0.2) is 5.78 Å². The second kappa shape index (κ2) is 5.39. The fourth-order valence-electron chi connectivity index (χ4n) is 1.20. The fraction of sp³-hybridized carbons (Fsp3) is 0.250. The number of hydrogen-bond acceptors (Lipinski definition) is 2. The van der Waals surface area contributed by atoms with Crippen molar-refractivity contribution in [2.45, 2.75) is 20.0 Å². The van der Waals surface area contributed by atoms with E-state index in [1.54, 1.807) is 6.92 Å². The molecule has 16 heavy (non-hydrogen) atoms. The Bertz CT molecular complexity index is 383. The van der Waals surface area contributed by atoms with Crippen LogP contribution >= 0.6 is 0 Å². The van der Waals surface area contributed by atoms with E-state index in [0.717, 1.165) is 5.57 Å². The first-order valence-corrected chi connectivity index (χ1v) is 4.71. The standard InChI is InChI=1S/C12H12F2O2/c1-8(2)7-11(15)9-3-5-10(6-4-9)16-12(13)14/h3-6,12H,1,7H2,2H3. The quantitative estimate of drug-likeness (QED) is 0.568. The van der Waals surface area contributed by atoms with Gasteiger partial charge in [0.05, 0.1) is 0 Å². The maximum Gasteiger partial charge on any atom is 0.387 e. The normalized spacial score (nSPS) is 10.2. The average Bonchev–Trinajstić information content (AvgIpc) is 2.16. The number of hydrogen-bond donors (Lipinski definition) is 0. The van der Waals surface area contributed by atoms with Crippen LogP contribution < -0.4 is 4.74 Å². The van der Waals surface area contributed by atoms with Crippen LogP contribution in [0.1, 0.15) is 23.7 Å². The summed E-state index contributed by atoms with van der Waals surface area (Å²) in [4.78, 5) is 11.5. The van der Waals surface area contributed by atoms with E-state index in [9.17, 15) is 13.6 Å². The van der Waals surface area contributed by atoms with Crippen LogP contribution in [-0.2, 0) is 0 Å². The van der Waals surface area contributed by atoms with Crippen LogP contribution in [0.15, 0.2) is 36.4 Å². The number of rotatable bonds is 5. The van der Waals surface area contributed by atoms with E-state index < -0.39 is 6.61 Å². The molecular formula is C12H12F2O2. The van der Waals surface area contributed by atoms with Gasteiger partial charge in [-0.25, -0.2) is 0 Å². The van der Waals surface area contributed by atoms with Gasteiger partial charge < -0.3 is 4.74 Å². The van der Waals surface area contributed by atoms with Crippen molar-refractivity contribution >= 4 is 5.78 Å². The van der Waals surface area contributed by atoms with E-state index in [1.165, 1.54) is 24.3 Å². The van der Waals surface area contributed by atoms with Crippen LogP contribution in [0.4, 0.5) is 8.78 Å². The van der Waals surface area contributed by atoms with Crippen molar-refractivity contribution in [3.05, 3.63) is 42.0 Å². The van der Waals surface area contributed by atoms with Crippen LogP contribution in [0.2, 0.25) is 0 Å². The smallest absolute Gasteiger partial charge is 0.387 e. The molecular weight excluding hydrogens is 214 g/mol. The molecule has 0 heterocycles. The Hall–Kier alpha value is -1.71. The third-order valence-electron chi connectivity index (χ3n) is 1.86. The van der Waals surface area contributed by atoms with Crippen molar-refractivity contribution in [1.29, 1.82) is 0 Å². The fourth-order valence-corrected chi connectivity index (χ4v) is 1.20. The van der Waals surface area contributed by atoms with Gasteiger partial charge in [-0.1, -0.05) is 12.2 Å². The highest BCUT2D eigenvalue weighted by atomic mass is 19.3. The Morgan fingerprint density at radius 1 is 1.38 bits per heavy atom. The second-order valence-electron chi connectivity index (χ2n) is 3.46. The Morgan fingerprint density at radius 2 is 1.94 bits per heavy atom. The molecule has 0 saturated heterocycles. The van der Waals surface area contributed by atoms with E-state index in [4.69, 9.17) is 0 Å². The molecule has 0 unspecified atom stereocenters. The Morgan fingerprint density at radius 3 is 2.38 bits per heavy atom. The number of alkyl halides is 2. The molecule has 0 spiro atoms. The van der Waals surface area contributed by atoms with Crippen LogP contribution in [-0.4, -0.2) is 12.4 Å². The summed E-state index contributed by atoms with van der Waals surface area (Å²) in [5.41, 5.74) is 1.22. The Kier molecular flexibility index (Phi) is 4.17. The molecule has 1 aromatic rings. The van der Waals surface area contributed by atoms with Gasteiger partial charge in [-0.3, -0.25) is 4.79 Å². The molecule has 0 aliphatic carbocycles. The van der Waals surface area contributed by atoms with Gasteiger partial charge in [-0.15, -0.1) is 0 Å². The van der Waals surface area contributed by atoms with Crippen LogP contribution in [0.25, 0.3) is 0 Å². The van der Waals surface area contributed by atoms with E-state index in [0.29, 0.717) is 5.56 Å². The lowest BCUT2D eigenvalue weighted by Crippen LogP contribution is -2.03. The van der Waals surface area contributed by atoms with Gasteiger partial charge in [0.1, 0.15) is 5.75 Å². The van der Waals surface area contributed by atoms with E-state index >= 15 is 0 Å². The maximum atomic E-state index is 11.9. The van der Waals surface area contributed by atoms with Crippen molar-refractivity contribution in [3.8, 4) is 5.75 Å². The first-order chi connectivity index (χ1) is 7.49. The summed E-state index contributed by atoms with van der Waals surface area (Å²) in [6, 6.07) is 5.61. The molecule has 0 aliphatic rings. The summed E-state index contributed by atoms with van der Waals surface area (Å²) in [7, 11) is 0. The summed E-state index contributed by atoms with van der Waals surface area (Å²) < 4.78 is 27.9. The molecule has 0 amide bonds. The SMILES string of the molecule is C=C(C)CC(=O)c1ccc(OC(F)F)cc1. The summed E-state index contributed by atoms with van der Waals surface area (Å²) in [6.07, 6.45) is 0.259. The maximum absolute atomic E-state index is 11.9.